The molecule has 0 aliphatic heterocycles. The van der Waals surface area contributed by atoms with Crippen molar-refractivity contribution in [2.24, 2.45) is 0 Å². The highest BCUT2D eigenvalue weighted by molar-refractivity contribution is 5.66. The fourth-order valence-electron chi connectivity index (χ4n) is 3.34. The summed E-state index contributed by atoms with van der Waals surface area (Å²) in [6.45, 7) is 8.24. The maximum absolute atomic E-state index is 10.8. The van der Waals surface area contributed by atoms with Crippen LogP contribution < -0.4 is 0 Å². The molecule has 0 heterocycles. The van der Waals surface area contributed by atoms with E-state index >= 15 is 0 Å². The first-order valence-corrected chi connectivity index (χ1v) is 7.51. The van der Waals surface area contributed by atoms with Crippen molar-refractivity contribution in [2.45, 2.75) is 51.5 Å². The number of hydrogen-bond donors (Lipinski definition) is 1. The Morgan fingerprint density at radius 1 is 1.40 bits per heavy atom. The van der Waals surface area contributed by atoms with E-state index in [-0.39, 0.29) is 11.8 Å². The van der Waals surface area contributed by atoms with E-state index in [2.05, 4.69) is 49.9 Å². The number of hydrogen-bond acceptors (Lipinski definition) is 2. The van der Waals surface area contributed by atoms with E-state index in [1.54, 1.807) is 0 Å². The molecule has 2 rings (SSSR count). The summed E-state index contributed by atoms with van der Waals surface area (Å²) in [5, 5.41) is 8.91. The van der Waals surface area contributed by atoms with Gasteiger partial charge in [0, 0.05) is 12.6 Å². The van der Waals surface area contributed by atoms with Gasteiger partial charge >= 0.3 is 5.97 Å². The van der Waals surface area contributed by atoms with Gasteiger partial charge in [0.25, 0.3) is 0 Å². The minimum Gasteiger partial charge on any atom is -0.481 e. The summed E-state index contributed by atoms with van der Waals surface area (Å²) in [6, 6.07) is 9.01. The summed E-state index contributed by atoms with van der Waals surface area (Å²) in [5.41, 5.74) is 3.03. The lowest BCUT2D eigenvalue weighted by molar-refractivity contribution is -0.137. The minimum atomic E-state index is -0.715. The average Bonchev–Trinajstić information content (AvgIpc) is 2.41. The van der Waals surface area contributed by atoms with Gasteiger partial charge in [-0.2, -0.15) is 0 Å². The van der Waals surface area contributed by atoms with Gasteiger partial charge in [0.2, 0.25) is 0 Å². The molecule has 0 amide bonds. The second-order valence-corrected chi connectivity index (χ2v) is 6.30. The minimum absolute atomic E-state index is 0.218. The molecule has 0 bridgehead atoms. The van der Waals surface area contributed by atoms with Crippen LogP contribution in [-0.2, 0) is 10.2 Å². The predicted octanol–water partition coefficient (Wildman–Crippen LogP) is 3.60. The van der Waals surface area contributed by atoms with E-state index in [0.717, 1.165) is 19.4 Å². The number of carboxylic acid groups (broad SMARTS) is 1. The predicted molar refractivity (Wildman–Crippen MR) is 80.9 cm³/mol. The highest BCUT2D eigenvalue weighted by Gasteiger charge is 2.34. The molecule has 3 heteroatoms. The number of rotatable bonds is 5. The number of fused-ring (bicyclic) bond motifs is 1. The van der Waals surface area contributed by atoms with Crippen molar-refractivity contribution in [3.05, 3.63) is 35.4 Å². The first kappa shape index (κ1) is 15.0. The highest BCUT2D eigenvalue weighted by atomic mass is 16.4. The largest absolute Gasteiger partial charge is 0.481 e. The number of nitrogens with zero attached hydrogens (tertiary/aromatic N) is 1. The molecule has 0 radical (unpaired) electrons. The van der Waals surface area contributed by atoms with Crippen molar-refractivity contribution < 1.29 is 9.90 Å². The number of carboxylic acids is 1. The van der Waals surface area contributed by atoms with Gasteiger partial charge in [-0.3, -0.25) is 9.69 Å². The molecule has 0 spiro atoms. The van der Waals surface area contributed by atoms with Crippen molar-refractivity contribution in [2.75, 3.05) is 13.1 Å². The molecule has 1 aromatic rings. The zero-order valence-electron chi connectivity index (χ0n) is 12.7. The summed E-state index contributed by atoms with van der Waals surface area (Å²) in [4.78, 5) is 13.1. The molecule has 1 aromatic carbocycles. The van der Waals surface area contributed by atoms with E-state index in [4.69, 9.17) is 5.11 Å². The van der Waals surface area contributed by atoms with Crippen LogP contribution in [0.4, 0.5) is 0 Å². The molecule has 0 fully saturated rings. The van der Waals surface area contributed by atoms with Crippen molar-refractivity contribution >= 4 is 5.97 Å². The Bertz CT molecular complexity index is 482. The highest BCUT2D eigenvalue weighted by Crippen LogP contribution is 2.43. The molecule has 1 atom stereocenters. The van der Waals surface area contributed by atoms with Crippen molar-refractivity contribution in [1.29, 1.82) is 0 Å². The molecule has 1 unspecified atom stereocenters. The van der Waals surface area contributed by atoms with Crippen LogP contribution in [0.15, 0.2) is 24.3 Å². The van der Waals surface area contributed by atoms with Crippen molar-refractivity contribution in [1.82, 2.24) is 4.90 Å². The molecule has 3 nitrogen and oxygen atoms in total. The first-order chi connectivity index (χ1) is 9.45. The van der Waals surface area contributed by atoms with Crippen molar-refractivity contribution in [3.8, 4) is 0 Å². The van der Waals surface area contributed by atoms with E-state index in [1.807, 2.05) is 0 Å². The molecule has 1 N–H and O–H groups in total. The van der Waals surface area contributed by atoms with Gasteiger partial charge in [-0.05, 0) is 35.9 Å². The summed E-state index contributed by atoms with van der Waals surface area (Å²) in [7, 11) is 0. The molecule has 1 aliphatic rings. The monoisotopic (exact) mass is 275 g/mol. The Morgan fingerprint density at radius 2 is 2.10 bits per heavy atom. The lowest BCUT2D eigenvalue weighted by atomic mass is 9.70. The Hall–Kier alpha value is -1.35. The van der Waals surface area contributed by atoms with E-state index < -0.39 is 5.97 Å². The topological polar surface area (TPSA) is 40.5 Å². The van der Waals surface area contributed by atoms with Gasteiger partial charge < -0.3 is 5.11 Å². The van der Waals surface area contributed by atoms with Gasteiger partial charge in [0.1, 0.15) is 0 Å². The van der Waals surface area contributed by atoms with Crippen LogP contribution in [-0.4, -0.2) is 29.1 Å². The molecule has 110 valence electrons. The van der Waals surface area contributed by atoms with E-state index in [1.165, 1.54) is 11.1 Å². The third kappa shape index (κ3) is 3.04. The molecule has 0 saturated heterocycles. The SMILES string of the molecule is CCN(CCC(=O)O)C1CCC(C)(C)c2ccccc21. The second-order valence-electron chi connectivity index (χ2n) is 6.30. The van der Waals surface area contributed by atoms with Gasteiger partial charge in [-0.25, -0.2) is 0 Å². The quantitative estimate of drug-likeness (QED) is 0.892. The van der Waals surface area contributed by atoms with Crippen LogP contribution in [0.25, 0.3) is 0 Å². The summed E-state index contributed by atoms with van der Waals surface area (Å²) in [6.07, 6.45) is 2.48. The van der Waals surface area contributed by atoms with E-state index in [9.17, 15) is 4.79 Å². The molecule has 0 saturated carbocycles. The van der Waals surface area contributed by atoms with Crippen LogP contribution in [0.5, 0.6) is 0 Å². The maximum Gasteiger partial charge on any atom is 0.304 e. The standard InChI is InChI=1S/C17H25NO2/c1-4-18(12-10-16(19)20)15-9-11-17(2,3)14-8-6-5-7-13(14)15/h5-8,15H,4,9-12H2,1-3H3,(H,19,20). The lowest BCUT2D eigenvalue weighted by Crippen LogP contribution is -2.37. The first-order valence-electron chi connectivity index (χ1n) is 7.51. The van der Waals surface area contributed by atoms with Gasteiger partial charge in [-0.1, -0.05) is 45.0 Å². The fraction of sp³-hybridized carbons (Fsp3) is 0.588. The Balaban J connectivity index is 2.26. The Labute approximate surface area is 121 Å². The lowest BCUT2D eigenvalue weighted by Gasteiger charge is -2.41. The molecule has 20 heavy (non-hydrogen) atoms. The van der Waals surface area contributed by atoms with E-state index in [0.29, 0.717) is 12.6 Å². The van der Waals surface area contributed by atoms with Gasteiger partial charge in [0.05, 0.1) is 6.42 Å². The van der Waals surface area contributed by atoms with Crippen LogP contribution in [0, 0.1) is 0 Å². The number of carbonyl (C=O) groups is 1. The third-order valence-electron chi connectivity index (χ3n) is 4.55. The number of aliphatic carboxylic acids is 1. The molecular weight excluding hydrogens is 250 g/mol. The molecular formula is C17H25NO2. The summed E-state index contributed by atoms with van der Waals surface area (Å²) >= 11 is 0. The molecule has 1 aliphatic carbocycles. The Kier molecular flexibility index (Phi) is 4.48. The number of benzene rings is 1. The molecule has 0 aromatic heterocycles. The third-order valence-corrected chi connectivity index (χ3v) is 4.55. The van der Waals surface area contributed by atoms with Crippen LogP contribution in [0.3, 0.4) is 0 Å². The van der Waals surface area contributed by atoms with Crippen molar-refractivity contribution in [3.63, 3.8) is 0 Å². The normalized spacial score (nSPS) is 20.7. The zero-order chi connectivity index (χ0) is 14.8. The van der Waals surface area contributed by atoms with Gasteiger partial charge in [0.15, 0.2) is 0 Å². The Morgan fingerprint density at radius 3 is 2.75 bits per heavy atom. The maximum atomic E-state index is 10.8. The average molecular weight is 275 g/mol. The van der Waals surface area contributed by atoms with Crippen LogP contribution in [0.2, 0.25) is 0 Å². The van der Waals surface area contributed by atoms with Crippen LogP contribution >= 0.6 is 0 Å². The second kappa shape index (κ2) is 5.96. The fourth-order valence-corrected chi connectivity index (χ4v) is 3.34. The zero-order valence-corrected chi connectivity index (χ0v) is 12.7. The summed E-state index contributed by atoms with van der Waals surface area (Å²) in [5.74, 6) is -0.715. The smallest absolute Gasteiger partial charge is 0.304 e. The summed E-state index contributed by atoms with van der Waals surface area (Å²) < 4.78 is 0. The van der Waals surface area contributed by atoms with Gasteiger partial charge in [-0.15, -0.1) is 0 Å². The van der Waals surface area contributed by atoms with Crippen LogP contribution in [0.1, 0.15) is 57.2 Å².